The minimum atomic E-state index is -4.84. The smallest absolute Gasteiger partial charge is 0.403 e. The lowest BCUT2D eigenvalue weighted by molar-refractivity contribution is -0.123. The molecule has 1 amide bonds. The van der Waals surface area contributed by atoms with Crippen LogP contribution >= 0.6 is 11.6 Å². The molecule has 3 aromatic rings. The summed E-state index contributed by atoms with van der Waals surface area (Å²) in [6.45, 7) is -1.46. The number of carbonyl (C=O) groups is 1. The number of aromatic nitrogens is 3. The van der Waals surface area contributed by atoms with E-state index in [-0.39, 0.29) is 38.9 Å². The highest BCUT2D eigenvalue weighted by molar-refractivity contribution is 6.31. The Labute approximate surface area is 264 Å². The summed E-state index contributed by atoms with van der Waals surface area (Å²) in [5, 5.41) is 3.40. The first kappa shape index (κ1) is 34.1. The van der Waals surface area contributed by atoms with Crippen LogP contribution in [0.5, 0.6) is 0 Å². The second-order valence-electron chi connectivity index (χ2n) is 10.3. The average Bonchev–Trinajstić information content (AvgIpc) is 3.00. The number of allylic oxidation sites excluding steroid dienone is 2. The van der Waals surface area contributed by atoms with Crippen LogP contribution < -0.4 is 33.2 Å². The molecule has 46 heavy (non-hydrogen) atoms. The number of benzene rings is 1. The van der Waals surface area contributed by atoms with Crippen molar-refractivity contribution >= 4 is 28.9 Å². The van der Waals surface area contributed by atoms with Gasteiger partial charge in [-0.3, -0.25) is 24.1 Å². The third-order valence-corrected chi connectivity index (χ3v) is 7.39. The zero-order valence-corrected chi connectivity index (χ0v) is 24.9. The largest absolute Gasteiger partial charge is 0.432 e. The highest BCUT2D eigenvalue weighted by atomic mass is 35.5. The Morgan fingerprint density at radius 3 is 2.57 bits per heavy atom. The van der Waals surface area contributed by atoms with E-state index >= 15 is 0 Å². The maximum Gasteiger partial charge on any atom is 0.432 e. The van der Waals surface area contributed by atoms with E-state index in [4.69, 9.17) is 28.9 Å². The topological polar surface area (TPSA) is 171 Å². The lowest BCUT2D eigenvalue weighted by Crippen LogP contribution is -2.34. The molecule has 1 aliphatic rings. The van der Waals surface area contributed by atoms with Crippen LogP contribution in [0.15, 0.2) is 82.5 Å². The molecule has 2 atom stereocenters. The first-order valence-electron chi connectivity index (χ1n) is 13.7. The molecule has 0 spiro atoms. The number of fused-ring (bicyclic) bond motifs is 2. The number of carbonyl (C=O) groups excluding carboxylic acids is 1. The molecule has 7 N–H and O–H groups in total. The van der Waals surface area contributed by atoms with Gasteiger partial charge in [0.1, 0.15) is 5.70 Å². The van der Waals surface area contributed by atoms with Crippen LogP contribution in [0, 0.1) is 5.92 Å². The molecule has 0 radical (unpaired) electrons. The summed E-state index contributed by atoms with van der Waals surface area (Å²) >= 11 is 6.16. The van der Waals surface area contributed by atoms with Crippen molar-refractivity contribution in [2.45, 2.75) is 45.0 Å². The molecule has 4 rings (SSSR count). The minimum Gasteiger partial charge on any atom is -0.403 e. The molecule has 2 bridgehead atoms. The summed E-state index contributed by atoms with van der Waals surface area (Å²) in [7, 11) is 0. The van der Waals surface area contributed by atoms with Crippen molar-refractivity contribution < 1.29 is 26.7 Å². The summed E-state index contributed by atoms with van der Waals surface area (Å²) in [6, 6.07) is 7.37. The van der Waals surface area contributed by atoms with Crippen LogP contribution in [-0.4, -0.2) is 38.9 Å². The third kappa shape index (κ3) is 7.87. The van der Waals surface area contributed by atoms with Crippen molar-refractivity contribution in [2.24, 2.45) is 28.2 Å². The number of hydrazine groups is 1. The summed E-state index contributed by atoms with van der Waals surface area (Å²) in [6.07, 6.45) is 0.320. The van der Waals surface area contributed by atoms with Gasteiger partial charge in [-0.05, 0) is 43.2 Å². The normalized spacial score (nSPS) is 19.9. The second kappa shape index (κ2) is 14.1. The van der Waals surface area contributed by atoms with Crippen LogP contribution in [0.4, 0.5) is 27.6 Å². The summed E-state index contributed by atoms with van der Waals surface area (Å²) in [5.41, 5.74) is 9.06. The lowest BCUT2D eigenvalue weighted by atomic mass is 9.96. The second-order valence-corrected chi connectivity index (χ2v) is 10.7. The van der Waals surface area contributed by atoms with Gasteiger partial charge >= 0.3 is 12.7 Å². The maximum atomic E-state index is 13.6. The maximum absolute atomic E-state index is 13.6. The Morgan fingerprint density at radius 2 is 1.91 bits per heavy atom. The van der Waals surface area contributed by atoms with Gasteiger partial charge in [0.2, 0.25) is 5.91 Å². The Balaban J connectivity index is 1.82. The number of hydrogen-bond donors (Lipinski definition) is 4. The monoisotopic (exact) mass is 665 g/mol. The number of halogens is 6. The molecular formula is C29H29ClF5N9O2. The standard InChI is InChI=1S/C29H29ClF5N9O2/c1-15-3-2-4-23(20-9-16(7-8-39-20)26(42-28(31)32)21(12-36)41-27(15)46)43-14-40-19(11-25(43)45)18-10-17(30)5-6-22(18)44(38)13-24(37)29(33,34)35/h5-15,23,28H,2-4,36-38H2,1H3,(H,41,46)/b21-12?,24-13-,42-26?. The average molecular weight is 666 g/mol. The zero-order valence-electron chi connectivity index (χ0n) is 24.2. The van der Waals surface area contributed by atoms with Crippen molar-refractivity contribution in [2.75, 3.05) is 5.01 Å². The number of pyridine rings is 1. The molecule has 1 aliphatic heterocycles. The number of hydrogen-bond acceptors (Lipinski definition) is 9. The van der Waals surface area contributed by atoms with Gasteiger partial charge in [0.15, 0.2) is 0 Å². The van der Waals surface area contributed by atoms with E-state index in [1.165, 1.54) is 47.4 Å². The Kier molecular flexibility index (Phi) is 10.4. The van der Waals surface area contributed by atoms with E-state index in [2.05, 4.69) is 20.3 Å². The highest BCUT2D eigenvalue weighted by Crippen LogP contribution is 2.33. The van der Waals surface area contributed by atoms with Gasteiger partial charge < -0.3 is 16.8 Å². The van der Waals surface area contributed by atoms with Gasteiger partial charge in [-0.1, -0.05) is 24.9 Å². The van der Waals surface area contributed by atoms with Crippen molar-refractivity contribution in [3.05, 3.63) is 99.4 Å². The minimum absolute atomic E-state index is 0.0171. The van der Waals surface area contributed by atoms with Crippen LogP contribution in [0.2, 0.25) is 5.02 Å². The van der Waals surface area contributed by atoms with Crippen molar-refractivity contribution in [3.63, 3.8) is 0 Å². The zero-order chi connectivity index (χ0) is 33.8. The predicted octanol–water partition coefficient (Wildman–Crippen LogP) is 4.34. The molecule has 244 valence electrons. The highest BCUT2D eigenvalue weighted by Gasteiger charge is 2.32. The summed E-state index contributed by atoms with van der Waals surface area (Å²) < 4.78 is 67.4. The first-order chi connectivity index (χ1) is 21.7. The fraction of sp³-hybridized carbons (Fsp3) is 0.276. The number of rotatable bonds is 5. The van der Waals surface area contributed by atoms with Crippen LogP contribution in [0.1, 0.15) is 43.5 Å². The van der Waals surface area contributed by atoms with Gasteiger partial charge in [0.05, 0.1) is 40.9 Å². The van der Waals surface area contributed by atoms with E-state index in [0.717, 1.165) is 12.3 Å². The van der Waals surface area contributed by atoms with Gasteiger partial charge in [0.25, 0.3) is 5.56 Å². The first-order valence-corrected chi connectivity index (χ1v) is 14.1. The number of nitrogens with two attached hydrogens (primary N) is 3. The third-order valence-electron chi connectivity index (χ3n) is 7.15. The van der Waals surface area contributed by atoms with Crippen molar-refractivity contribution in [1.82, 2.24) is 19.9 Å². The number of nitrogens with zero attached hydrogens (tertiary/aromatic N) is 5. The van der Waals surface area contributed by atoms with Gasteiger partial charge in [-0.2, -0.15) is 22.0 Å². The fourth-order valence-corrected chi connectivity index (χ4v) is 4.98. The molecule has 0 fully saturated rings. The fourth-order valence-electron chi connectivity index (χ4n) is 4.81. The van der Waals surface area contributed by atoms with Gasteiger partial charge in [-0.25, -0.2) is 15.8 Å². The predicted molar refractivity (Wildman–Crippen MR) is 162 cm³/mol. The van der Waals surface area contributed by atoms with Crippen molar-refractivity contribution in [1.29, 1.82) is 0 Å². The van der Waals surface area contributed by atoms with Crippen molar-refractivity contribution in [3.8, 4) is 11.3 Å². The van der Waals surface area contributed by atoms with Crippen LogP contribution in [-0.2, 0) is 4.79 Å². The number of alkyl halides is 5. The number of nitrogens with one attached hydrogen (secondary N) is 1. The molecule has 0 saturated heterocycles. The Morgan fingerprint density at radius 1 is 1.17 bits per heavy atom. The summed E-state index contributed by atoms with van der Waals surface area (Å²) in [4.78, 5) is 38.6. The van der Waals surface area contributed by atoms with E-state index < -0.39 is 41.8 Å². The van der Waals surface area contributed by atoms with Gasteiger partial charge in [-0.15, -0.1) is 0 Å². The van der Waals surface area contributed by atoms with Gasteiger partial charge in [0, 0.05) is 46.7 Å². The molecule has 2 aromatic heterocycles. The molecule has 0 saturated carbocycles. The molecule has 0 aliphatic carbocycles. The van der Waals surface area contributed by atoms with E-state index in [9.17, 15) is 31.5 Å². The molecule has 3 heterocycles. The van der Waals surface area contributed by atoms with E-state index in [1.54, 1.807) is 6.92 Å². The molecule has 2 unspecified atom stereocenters. The number of anilines is 1. The van der Waals surface area contributed by atoms with Crippen LogP contribution in [0.3, 0.4) is 0 Å². The summed E-state index contributed by atoms with van der Waals surface area (Å²) in [5.74, 6) is 4.88. The molecule has 11 nitrogen and oxygen atoms in total. The van der Waals surface area contributed by atoms with E-state index in [0.29, 0.717) is 36.2 Å². The molecule has 1 aromatic carbocycles. The Hall–Kier alpha value is -4.83. The molecular weight excluding hydrogens is 637 g/mol. The molecule has 17 heteroatoms. The Bertz CT molecular complexity index is 1760. The lowest BCUT2D eigenvalue weighted by Gasteiger charge is -2.23. The number of amides is 1. The van der Waals surface area contributed by atoms with Crippen LogP contribution in [0.25, 0.3) is 11.3 Å². The SMILES string of the molecule is CC1CCCC(n2cnc(-c3cc(Cl)ccc3N(N)/C=C(\N)C(F)(F)F)cc2=O)c2cc(ccn2)C(=NC(F)F)C(=CN)NC1=O. The van der Waals surface area contributed by atoms with E-state index in [1.807, 2.05) is 0 Å². The number of aliphatic imine (C=N–C) groups is 1. The quantitative estimate of drug-likeness (QED) is 0.135.